The number of nitrogen functional groups attached to an aromatic ring is 1. The Hall–Kier alpha value is -2.38. The third-order valence-electron chi connectivity index (χ3n) is 2.03. The predicted molar refractivity (Wildman–Crippen MR) is 50.9 cm³/mol. The van der Waals surface area contributed by atoms with E-state index >= 15 is 0 Å². The third kappa shape index (κ3) is 1.23. The Morgan fingerprint density at radius 1 is 1.50 bits per heavy atom. The SMILES string of the molecule is CCOC(=O)n1nc2c(c1N)C(=O)NC2=O. The van der Waals surface area contributed by atoms with Crippen molar-refractivity contribution in [2.24, 2.45) is 0 Å². The Kier molecular flexibility index (Phi) is 2.11. The molecule has 0 saturated carbocycles. The highest BCUT2D eigenvalue weighted by Gasteiger charge is 2.35. The number of fused-ring (bicyclic) bond motifs is 1. The predicted octanol–water partition coefficient (Wildman–Crippen LogP) is -0.647. The zero-order chi connectivity index (χ0) is 11.9. The van der Waals surface area contributed by atoms with Crippen LogP contribution in [0, 0.1) is 0 Å². The van der Waals surface area contributed by atoms with Gasteiger partial charge in [-0.05, 0) is 6.92 Å². The molecule has 0 bridgehead atoms. The molecule has 0 fully saturated rings. The second-order valence-electron chi connectivity index (χ2n) is 3.00. The van der Waals surface area contributed by atoms with Gasteiger partial charge < -0.3 is 10.5 Å². The van der Waals surface area contributed by atoms with Crippen molar-refractivity contribution in [3.8, 4) is 0 Å². The molecule has 0 unspecified atom stereocenters. The van der Waals surface area contributed by atoms with Gasteiger partial charge in [-0.1, -0.05) is 0 Å². The average molecular weight is 224 g/mol. The van der Waals surface area contributed by atoms with Crippen molar-refractivity contribution in [1.29, 1.82) is 0 Å². The van der Waals surface area contributed by atoms with E-state index in [2.05, 4.69) is 9.84 Å². The van der Waals surface area contributed by atoms with Crippen LogP contribution >= 0.6 is 0 Å². The fraction of sp³-hybridized carbons (Fsp3) is 0.250. The Morgan fingerprint density at radius 2 is 2.19 bits per heavy atom. The topological polar surface area (TPSA) is 116 Å². The van der Waals surface area contributed by atoms with Crippen LogP contribution in [0.4, 0.5) is 10.6 Å². The zero-order valence-electron chi connectivity index (χ0n) is 8.31. The molecule has 8 nitrogen and oxygen atoms in total. The maximum atomic E-state index is 11.3. The van der Waals surface area contributed by atoms with Gasteiger partial charge in [-0.2, -0.15) is 5.10 Å². The number of carbonyl (C=O) groups excluding carboxylic acids is 3. The van der Waals surface area contributed by atoms with Gasteiger partial charge in [-0.3, -0.25) is 14.9 Å². The van der Waals surface area contributed by atoms with Crippen LogP contribution in [0.1, 0.15) is 27.8 Å². The van der Waals surface area contributed by atoms with Gasteiger partial charge in [0, 0.05) is 0 Å². The molecule has 1 aliphatic rings. The summed E-state index contributed by atoms with van der Waals surface area (Å²) in [7, 11) is 0. The molecule has 0 spiro atoms. The van der Waals surface area contributed by atoms with Gasteiger partial charge in [0.1, 0.15) is 11.4 Å². The molecule has 0 saturated heterocycles. The first kappa shape index (κ1) is 10.1. The van der Waals surface area contributed by atoms with E-state index in [-0.39, 0.29) is 23.7 Å². The summed E-state index contributed by atoms with van der Waals surface area (Å²) in [6.45, 7) is 1.76. The molecule has 1 aliphatic heterocycles. The molecule has 0 aromatic carbocycles. The summed E-state index contributed by atoms with van der Waals surface area (Å²) in [6.07, 6.45) is -0.824. The minimum atomic E-state index is -0.824. The van der Waals surface area contributed by atoms with Crippen LogP contribution in [0.25, 0.3) is 0 Å². The van der Waals surface area contributed by atoms with Crippen molar-refractivity contribution in [3.63, 3.8) is 0 Å². The molecule has 1 aromatic heterocycles. The molecule has 84 valence electrons. The quantitative estimate of drug-likeness (QED) is 0.612. The number of nitrogens with zero attached hydrogens (tertiary/aromatic N) is 2. The molecule has 0 atom stereocenters. The summed E-state index contributed by atoms with van der Waals surface area (Å²) >= 11 is 0. The number of nitrogens with one attached hydrogen (secondary N) is 1. The largest absolute Gasteiger partial charge is 0.448 e. The average Bonchev–Trinajstić information content (AvgIpc) is 2.68. The van der Waals surface area contributed by atoms with E-state index in [4.69, 9.17) is 5.73 Å². The van der Waals surface area contributed by atoms with E-state index < -0.39 is 17.9 Å². The van der Waals surface area contributed by atoms with Gasteiger partial charge in [-0.25, -0.2) is 4.79 Å². The fourth-order valence-electron chi connectivity index (χ4n) is 1.36. The lowest BCUT2D eigenvalue weighted by Gasteiger charge is -2.03. The lowest BCUT2D eigenvalue weighted by atomic mass is 10.3. The van der Waals surface area contributed by atoms with Crippen LogP contribution in [-0.2, 0) is 4.74 Å². The molecule has 0 aliphatic carbocycles. The first-order chi connectivity index (χ1) is 7.56. The summed E-state index contributed by atoms with van der Waals surface area (Å²) in [5.74, 6) is -1.53. The molecule has 16 heavy (non-hydrogen) atoms. The summed E-state index contributed by atoms with van der Waals surface area (Å²) in [4.78, 5) is 33.8. The molecule has 2 heterocycles. The number of amides is 2. The van der Waals surface area contributed by atoms with E-state index in [1.807, 2.05) is 5.32 Å². The van der Waals surface area contributed by atoms with Crippen LogP contribution in [0.2, 0.25) is 0 Å². The highest BCUT2D eigenvalue weighted by molar-refractivity contribution is 6.23. The van der Waals surface area contributed by atoms with Crippen LogP contribution in [-0.4, -0.2) is 34.3 Å². The maximum absolute atomic E-state index is 11.3. The van der Waals surface area contributed by atoms with Crippen molar-refractivity contribution in [2.45, 2.75) is 6.92 Å². The van der Waals surface area contributed by atoms with Crippen LogP contribution in [0.15, 0.2) is 0 Å². The summed E-state index contributed by atoms with van der Waals surface area (Å²) in [5.41, 5.74) is 5.28. The van der Waals surface area contributed by atoms with E-state index in [1.54, 1.807) is 6.92 Å². The van der Waals surface area contributed by atoms with Crippen molar-refractivity contribution >= 4 is 23.7 Å². The summed E-state index contributed by atoms with van der Waals surface area (Å²) in [5, 5.41) is 5.64. The van der Waals surface area contributed by atoms with E-state index in [9.17, 15) is 14.4 Å². The van der Waals surface area contributed by atoms with Crippen LogP contribution < -0.4 is 11.1 Å². The highest BCUT2D eigenvalue weighted by atomic mass is 16.6. The lowest BCUT2D eigenvalue weighted by molar-refractivity contribution is 0.0876. The maximum Gasteiger partial charge on any atom is 0.436 e. The molecule has 0 radical (unpaired) electrons. The number of rotatable bonds is 1. The Morgan fingerprint density at radius 3 is 2.75 bits per heavy atom. The smallest absolute Gasteiger partial charge is 0.436 e. The van der Waals surface area contributed by atoms with Crippen molar-refractivity contribution in [2.75, 3.05) is 12.3 Å². The number of aromatic nitrogens is 2. The van der Waals surface area contributed by atoms with Gasteiger partial charge in [-0.15, -0.1) is 4.68 Å². The minimum Gasteiger partial charge on any atom is -0.448 e. The summed E-state index contributed by atoms with van der Waals surface area (Å²) in [6, 6.07) is 0. The minimum absolute atomic E-state index is 0.0851. The molecule has 2 amide bonds. The van der Waals surface area contributed by atoms with Crippen molar-refractivity contribution in [1.82, 2.24) is 15.1 Å². The van der Waals surface area contributed by atoms with Gasteiger partial charge in [0.05, 0.1) is 6.61 Å². The van der Waals surface area contributed by atoms with Gasteiger partial charge in [0.25, 0.3) is 11.8 Å². The standard InChI is InChI=1S/C8H8N4O4/c1-2-16-8(15)12-5(9)3-4(11-12)7(14)10-6(3)13/h2,9H2,1H3,(H,10,13,14). The van der Waals surface area contributed by atoms with Crippen molar-refractivity contribution < 1.29 is 19.1 Å². The molecule has 2 rings (SSSR count). The molecular weight excluding hydrogens is 216 g/mol. The monoisotopic (exact) mass is 224 g/mol. The first-order valence-electron chi connectivity index (χ1n) is 4.47. The normalized spacial score (nSPS) is 13.6. The Balaban J connectivity index is 2.49. The van der Waals surface area contributed by atoms with Gasteiger partial charge in [0.15, 0.2) is 5.69 Å². The molecular formula is C8H8N4O4. The van der Waals surface area contributed by atoms with Crippen LogP contribution in [0.5, 0.6) is 0 Å². The highest BCUT2D eigenvalue weighted by Crippen LogP contribution is 2.21. The Bertz CT molecular complexity index is 504. The van der Waals surface area contributed by atoms with E-state index in [0.717, 1.165) is 0 Å². The van der Waals surface area contributed by atoms with Crippen molar-refractivity contribution in [3.05, 3.63) is 11.3 Å². The lowest BCUT2D eigenvalue weighted by Crippen LogP contribution is -2.25. The number of ether oxygens (including phenoxy) is 1. The van der Waals surface area contributed by atoms with E-state index in [0.29, 0.717) is 4.68 Å². The summed E-state index contributed by atoms with van der Waals surface area (Å²) < 4.78 is 5.35. The fourth-order valence-corrected chi connectivity index (χ4v) is 1.36. The third-order valence-corrected chi connectivity index (χ3v) is 2.03. The number of carbonyl (C=O) groups is 3. The number of hydrogen-bond donors (Lipinski definition) is 2. The Labute approximate surface area is 89.3 Å². The van der Waals surface area contributed by atoms with Gasteiger partial charge in [0.2, 0.25) is 0 Å². The number of hydrogen-bond acceptors (Lipinski definition) is 6. The number of nitrogens with two attached hydrogens (primary N) is 1. The first-order valence-corrected chi connectivity index (χ1v) is 4.47. The van der Waals surface area contributed by atoms with Crippen LogP contribution in [0.3, 0.4) is 0 Å². The number of anilines is 1. The zero-order valence-corrected chi connectivity index (χ0v) is 8.31. The second kappa shape index (κ2) is 3.33. The van der Waals surface area contributed by atoms with E-state index in [1.165, 1.54) is 0 Å². The molecule has 3 N–H and O–H groups in total. The molecule has 1 aromatic rings. The molecule has 8 heteroatoms. The second-order valence-corrected chi connectivity index (χ2v) is 3.00. The number of imide groups is 1. The van der Waals surface area contributed by atoms with Gasteiger partial charge >= 0.3 is 6.09 Å².